The van der Waals surface area contributed by atoms with E-state index in [1.54, 1.807) is 24.9 Å². The van der Waals surface area contributed by atoms with Gasteiger partial charge in [0.15, 0.2) is 0 Å². The maximum atomic E-state index is 15.4. The summed E-state index contributed by atoms with van der Waals surface area (Å²) < 4.78 is 21.5. The quantitative estimate of drug-likeness (QED) is 0.0251. The SMILES string of the molecule is C=CCOC12Oc3ccc(Oc4ccc(SC)cc4)cc3C3C(CCCCO)C(CCCCO)C=C(C(=NOC)CC1N(Cc1cccc4ccccc14)C(=O)CCCCCCCCCCC)C32. The maximum Gasteiger partial charge on any atom is 0.239 e. The van der Waals surface area contributed by atoms with Crippen LogP contribution in [-0.4, -0.2) is 71.7 Å². The lowest BCUT2D eigenvalue weighted by molar-refractivity contribution is -0.258. The van der Waals surface area contributed by atoms with Gasteiger partial charge < -0.3 is 34.2 Å². The number of fused-ring (bicyclic) bond motifs is 3. The Labute approximate surface area is 410 Å². The van der Waals surface area contributed by atoms with E-state index in [1.165, 1.54) is 38.5 Å². The molecule has 2 aliphatic carbocycles. The summed E-state index contributed by atoms with van der Waals surface area (Å²) in [4.78, 5) is 24.3. The third-order valence-corrected chi connectivity index (χ3v) is 15.3. The van der Waals surface area contributed by atoms with Crippen LogP contribution in [0.3, 0.4) is 0 Å². The molecule has 4 aromatic carbocycles. The van der Waals surface area contributed by atoms with Gasteiger partial charge in [-0.1, -0.05) is 131 Å². The summed E-state index contributed by atoms with van der Waals surface area (Å²) in [5.41, 5.74) is 3.89. The van der Waals surface area contributed by atoms with Crippen molar-refractivity contribution < 1.29 is 34.1 Å². The number of thioether (sulfide) groups is 1. The van der Waals surface area contributed by atoms with E-state index in [4.69, 9.17) is 24.2 Å². The Kier molecular flexibility index (Phi) is 19.5. The number of unbranched alkanes of at least 4 members (excludes halogenated alkanes) is 10. The van der Waals surface area contributed by atoms with Crippen molar-refractivity contribution in [3.8, 4) is 17.2 Å². The smallest absolute Gasteiger partial charge is 0.239 e. The number of carbonyl (C=O) groups excluding carboxylic acids is 1. The molecule has 9 nitrogen and oxygen atoms in total. The molecule has 0 aromatic heterocycles. The lowest BCUT2D eigenvalue weighted by Gasteiger charge is -2.60. The summed E-state index contributed by atoms with van der Waals surface area (Å²) in [5.74, 6) is 0.557. The van der Waals surface area contributed by atoms with Gasteiger partial charge in [0.25, 0.3) is 0 Å². The van der Waals surface area contributed by atoms with Crippen LogP contribution in [0.15, 0.2) is 119 Å². The molecule has 10 heteroatoms. The van der Waals surface area contributed by atoms with Gasteiger partial charge in [0, 0.05) is 49.0 Å². The van der Waals surface area contributed by atoms with Gasteiger partial charge in [-0.2, -0.15) is 0 Å². The van der Waals surface area contributed by atoms with Gasteiger partial charge in [-0.05, 0) is 115 Å². The second kappa shape index (κ2) is 25.8. The third-order valence-electron chi connectivity index (χ3n) is 14.6. The first kappa shape index (κ1) is 51.2. The second-order valence-corrected chi connectivity index (χ2v) is 19.9. The van der Waals surface area contributed by atoms with Crippen LogP contribution >= 0.6 is 11.8 Å². The fraction of sp³-hybridized carbons (Fsp3) is 0.517. The first-order valence-corrected chi connectivity index (χ1v) is 26.8. The Hall–Kier alpha value is -4.61. The van der Waals surface area contributed by atoms with Crippen molar-refractivity contribution >= 4 is 34.2 Å². The van der Waals surface area contributed by atoms with Crippen molar-refractivity contribution in [2.45, 2.75) is 145 Å². The Morgan fingerprint density at radius 3 is 2.29 bits per heavy atom. The molecule has 3 aliphatic rings. The van der Waals surface area contributed by atoms with Crippen LogP contribution in [0.25, 0.3) is 10.8 Å². The number of oxime groups is 1. The third kappa shape index (κ3) is 12.2. The average Bonchev–Trinajstić information content (AvgIpc) is 3.36. The fourth-order valence-electron chi connectivity index (χ4n) is 11.3. The molecule has 1 aliphatic heterocycles. The summed E-state index contributed by atoms with van der Waals surface area (Å²) in [6, 6.07) is 28.4. The first-order chi connectivity index (χ1) is 33.4. The maximum absolute atomic E-state index is 15.4. The molecule has 0 spiro atoms. The fourth-order valence-corrected chi connectivity index (χ4v) is 11.7. The predicted octanol–water partition coefficient (Wildman–Crippen LogP) is 13.6. The van der Waals surface area contributed by atoms with Crippen LogP contribution in [0.4, 0.5) is 0 Å². The Morgan fingerprint density at radius 2 is 1.57 bits per heavy atom. The van der Waals surface area contributed by atoms with E-state index in [2.05, 4.69) is 91.4 Å². The van der Waals surface area contributed by atoms with Crippen LogP contribution in [0.1, 0.15) is 133 Å². The predicted molar refractivity (Wildman–Crippen MR) is 277 cm³/mol. The van der Waals surface area contributed by atoms with Crippen molar-refractivity contribution in [1.82, 2.24) is 4.90 Å². The summed E-state index contributed by atoms with van der Waals surface area (Å²) in [7, 11) is 1.60. The van der Waals surface area contributed by atoms with E-state index < -0.39 is 17.7 Å². The zero-order valence-electron chi connectivity index (χ0n) is 40.9. The highest BCUT2D eigenvalue weighted by molar-refractivity contribution is 7.98. The molecule has 366 valence electrons. The van der Waals surface area contributed by atoms with Crippen LogP contribution in [-0.2, 0) is 20.9 Å². The van der Waals surface area contributed by atoms with Crippen molar-refractivity contribution in [3.05, 3.63) is 120 Å². The molecule has 1 heterocycles. The van der Waals surface area contributed by atoms with Gasteiger partial charge in [-0.3, -0.25) is 4.79 Å². The number of amides is 1. The van der Waals surface area contributed by atoms with Crippen LogP contribution in [0.5, 0.6) is 17.2 Å². The molecule has 4 aromatic rings. The minimum absolute atomic E-state index is 0.0658. The molecule has 1 saturated carbocycles. The molecule has 0 radical (unpaired) electrons. The number of benzene rings is 4. The second-order valence-electron chi connectivity index (χ2n) is 19.0. The number of aliphatic hydroxyl groups is 2. The van der Waals surface area contributed by atoms with Crippen molar-refractivity contribution in [3.63, 3.8) is 0 Å². The highest BCUT2D eigenvalue weighted by Crippen LogP contribution is 2.62. The normalized spacial score (nSPS) is 22.2. The van der Waals surface area contributed by atoms with Gasteiger partial charge >= 0.3 is 0 Å². The molecule has 7 rings (SSSR count). The van der Waals surface area contributed by atoms with E-state index >= 15 is 4.79 Å². The highest BCUT2D eigenvalue weighted by atomic mass is 32.2. The van der Waals surface area contributed by atoms with Gasteiger partial charge in [-0.15, -0.1) is 18.3 Å². The minimum atomic E-state index is -1.34. The molecular formula is C58H76N2O7S. The molecule has 1 amide bonds. The largest absolute Gasteiger partial charge is 0.459 e. The number of allylic oxidation sites excluding steroid dienone is 1. The van der Waals surface area contributed by atoms with Crippen LogP contribution in [0.2, 0.25) is 0 Å². The Balaban J connectivity index is 1.37. The molecule has 1 fully saturated rings. The monoisotopic (exact) mass is 945 g/mol. The molecule has 68 heavy (non-hydrogen) atoms. The molecular weight excluding hydrogens is 869 g/mol. The standard InChI is InChI=1S/C58H76N2O7S/c1-5-7-8-9-10-11-12-13-14-28-55(63)60(41-44-25-21-24-42-22-15-16-26-48(42)44)54-40-52(59-64-3)50-38-43(23-17-19-35-61)49(27-18-20-36-62)56-51-39-46(66-45-29-32-47(68-4)33-30-45)31-34-53(51)67-58(54,57(50)56)65-37-6-2/h6,15-16,21-22,24-26,29-34,38-39,43,49,54,56-57,61-62H,2,5,7-14,17-20,23,27-28,35-37,40-41H2,1,3-4H3. The summed E-state index contributed by atoms with van der Waals surface area (Å²) in [6.45, 7) is 7.20. The molecule has 0 saturated heterocycles. The molecule has 2 N–H and O–H groups in total. The van der Waals surface area contributed by atoms with Gasteiger partial charge in [0.2, 0.25) is 11.7 Å². The number of aliphatic hydroxyl groups excluding tert-OH is 2. The number of nitrogens with zero attached hydrogens (tertiary/aromatic N) is 2. The van der Waals surface area contributed by atoms with E-state index in [0.29, 0.717) is 43.7 Å². The highest BCUT2D eigenvalue weighted by Gasteiger charge is 2.65. The van der Waals surface area contributed by atoms with Crippen LogP contribution < -0.4 is 9.47 Å². The number of ether oxygens (including phenoxy) is 3. The van der Waals surface area contributed by atoms with Crippen LogP contribution in [0, 0.1) is 17.8 Å². The van der Waals surface area contributed by atoms with Crippen molar-refractivity contribution in [1.29, 1.82) is 0 Å². The minimum Gasteiger partial charge on any atom is -0.459 e. The van der Waals surface area contributed by atoms with E-state index in [1.807, 2.05) is 24.3 Å². The number of hydrogen-bond acceptors (Lipinski definition) is 9. The molecule has 6 unspecified atom stereocenters. The van der Waals surface area contributed by atoms with Crippen molar-refractivity contribution in [2.24, 2.45) is 22.9 Å². The van der Waals surface area contributed by atoms with E-state index in [-0.39, 0.29) is 43.5 Å². The number of carbonyl (C=O) groups is 1. The van der Waals surface area contributed by atoms with Crippen molar-refractivity contribution in [2.75, 3.05) is 33.2 Å². The lowest BCUT2D eigenvalue weighted by atomic mass is 9.55. The zero-order chi connectivity index (χ0) is 47.7. The van der Waals surface area contributed by atoms with Gasteiger partial charge in [0.1, 0.15) is 30.4 Å². The topological polar surface area (TPSA) is 110 Å². The summed E-state index contributed by atoms with van der Waals surface area (Å²) in [6.07, 6.45) is 22.3. The number of hydrogen-bond donors (Lipinski definition) is 2. The summed E-state index contributed by atoms with van der Waals surface area (Å²) in [5, 5.41) is 27.1. The average molecular weight is 945 g/mol. The Morgan fingerprint density at radius 1 is 0.868 bits per heavy atom. The van der Waals surface area contributed by atoms with E-state index in [0.717, 1.165) is 88.8 Å². The molecule has 0 bridgehead atoms. The van der Waals surface area contributed by atoms with Gasteiger partial charge in [-0.25, -0.2) is 0 Å². The number of rotatable bonds is 28. The zero-order valence-corrected chi connectivity index (χ0v) is 41.7. The Bertz CT molecular complexity index is 2290. The van der Waals surface area contributed by atoms with E-state index in [9.17, 15) is 10.2 Å². The lowest BCUT2D eigenvalue weighted by Crippen LogP contribution is -2.70. The molecule has 6 atom stereocenters. The van der Waals surface area contributed by atoms with Gasteiger partial charge in [0.05, 0.1) is 18.2 Å². The summed E-state index contributed by atoms with van der Waals surface area (Å²) >= 11 is 1.69. The first-order valence-electron chi connectivity index (χ1n) is 25.6.